The second-order valence-corrected chi connectivity index (χ2v) is 15.0. The highest BCUT2D eigenvalue weighted by atomic mass is 16.3. The van der Waals surface area contributed by atoms with Crippen LogP contribution in [-0.2, 0) is 5.41 Å². The molecule has 6 aromatic carbocycles. The standard InChI is InChI=1S/C46H37NO/c1-2-8-35(9-3-1)47(37-19-21-41-40-11-5-7-13-44(40)48-45(41)28-37)36-17-14-31(15-18-36)32-16-20-39-38-10-4-6-12-42(38)46(43(39)27-32)33-23-29-22-30(25-33)26-34(46)24-29/h1-21,27-30,33-34H,22-26H2. The van der Waals surface area contributed by atoms with Crippen LogP contribution in [0.3, 0.4) is 0 Å². The van der Waals surface area contributed by atoms with Crippen molar-refractivity contribution < 1.29 is 4.42 Å². The van der Waals surface area contributed by atoms with Gasteiger partial charge < -0.3 is 9.32 Å². The van der Waals surface area contributed by atoms with E-state index < -0.39 is 0 Å². The van der Waals surface area contributed by atoms with Crippen molar-refractivity contribution in [3.63, 3.8) is 0 Å². The fraction of sp³-hybridized carbons (Fsp3) is 0.217. The Morgan fingerprint density at radius 1 is 0.458 bits per heavy atom. The molecule has 1 heterocycles. The quantitative estimate of drug-likeness (QED) is 0.195. The van der Waals surface area contributed by atoms with Gasteiger partial charge in [0, 0.05) is 39.3 Å². The molecule has 4 fully saturated rings. The molecule has 4 saturated carbocycles. The third-order valence-electron chi connectivity index (χ3n) is 12.6. The molecule has 4 bridgehead atoms. The van der Waals surface area contributed by atoms with E-state index in [9.17, 15) is 0 Å². The van der Waals surface area contributed by atoms with Crippen LogP contribution in [0, 0.1) is 23.7 Å². The number of benzene rings is 6. The van der Waals surface area contributed by atoms with Crippen molar-refractivity contribution >= 4 is 39.0 Å². The molecule has 48 heavy (non-hydrogen) atoms. The number of anilines is 3. The summed E-state index contributed by atoms with van der Waals surface area (Å²) in [6.07, 6.45) is 7.13. The van der Waals surface area contributed by atoms with Crippen LogP contribution in [0.4, 0.5) is 17.1 Å². The first-order chi connectivity index (χ1) is 23.7. The largest absolute Gasteiger partial charge is 0.456 e. The summed E-state index contributed by atoms with van der Waals surface area (Å²) in [7, 11) is 0. The molecule has 1 aromatic heterocycles. The zero-order valence-electron chi connectivity index (χ0n) is 27.0. The number of rotatable bonds is 4. The normalized spacial score (nSPS) is 24.8. The molecule has 12 rings (SSSR count). The first-order valence-electron chi connectivity index (χ1n) is 17.9. The predicted octanol–water partition coefficient (Wildman–Crippen LogP) is 12.4. The fourth-order valence-corrected chi connectivity index (χ4v) is 11.0. The van der Waals surface area contributed by atoms with E-state index in [1.165, 1.54) is 54.4 Å². The van der Waals surface area contributed by atoms with Gasteiger partial charge in [0.15, 0.2) is 0 Å². The molecule has 0 amide bonds. The van der Waals surface area contributed by atoms with Crippen LogP contribution in [-0.4, -0.2) is 0 Å². The third-order valence-corrected chi connectivity index (χ3v) is 12.6. The van der Waals surface area contributed by atoms with Gasteiger partial charge in [-0.15, -0.1) is 0 Å². The molecule has 5 aliphatic rings. The van der Waals surface area contributed by atoms with Crippen LogP contribution in [0.25, 0.3) is 44.2 Å². The number of hydrogen-bond acceptors (Lipinski definition) is 2. The zero-order valence-corrected chi connectivity index (χ0v) is 27.0. The van der Waals surface area contributed by atoms with Crippen LogP contribution >= 0.6 is 0 Å². The maximum atomic E-state index is 6.31. The maximum Gasteiger partial charge on any atom is 0.137 e. The Labute approximate surface area is 281 Å². The summed E-state index contributed by atoms with van der Waals surface area (Å²) in [4.78, 5) is 2.33. The fourth-order valence-electron chi connectivity index (χ4n) is 11.0. The molecule has 7 aromatic rings. The highest BCUT2D eigenvalue weighted by molar-refractivity contribution is 6.06. The maximum absolute atomic E-state index is 6.31. The Kier molecular flexibility index (Phi) is 5.59. The van der Waals surface area contributed by atoms with E-state index in [0.717, 1.165) is 62.7 Å². The van der Waals surface area contributed by atoms with E-state index in [1.54, 1.807) is 11.1 Å². The van der Waals surface area contributed by atoms with Crippen LogP contribution in [0.15, 0.2) is 144 Å². The zero-order chi connectivity index (χ0) is 31.4. The topological polar surface area (TPSA) is 16.4 Å². The van der Waals surface area contributed by atoms with Crippen LogP contribution < -0.4 is 4.90 Å². The van der Waals surface area contributed by atoms with Gasteiger partial charge in [0.2, 0.25) is 0 Å². The average Bonchev–Trinajstić information content (AvgIpc) is 3.64. The molecule has 232 valence electrons. The van der Waals surface area contributed by atoms with Gasteiger partial charge in [-0.1, -0.05) is 84.9 Å². The summed E-state index contributed by atoms with van der Waals surface area (Å²) in [6, 6.07) is 51.6. The van der Waals surface area contributed by atoms with Crippen molar-refractivity contribution in [1.29, 1.82) is 0 Å². The van der Waals surface area contributed by atoms with Crippen LogP contribution in [0.1, 0.15) is 43.2 Å². The minimum absolute atomic E-state index is 0.189. The third kappa shape index (κ3) is 3.69. The summed E-state index contributed by atoms with van der Waals surface area (Å²) < 4.78 is 6.31. The van der Waals surface area contributed by atoms with E-state index in [-0.39, 0.29) is 5.41 Å². The lowest BCUT2D eigenvalue weighted by Crippen LogP contribution is -2.55. The molecule has 0 radical (unpaired) electrons. The van der Waals surface area contributed by atoms with Gasteiger partial charge >= 0.3 is 0 Å². The van der Waals surface area contributed by atoms with Crippen molar-refractivity contribution in [2.24, 2.45) is 23.7 Å². The van der Waals surface area contributed by atoms with Crippen molar-refractivity contribution in [3.8, 4) is 22.3 Å². The minimum atomic E-state index is 0.189. The highest BCUT2D eigenvalue weighted by Gasteiger charge is 2.61. The van der Waals surface area contributed by atoms with Crippen molar-refractivity contribution in [2.45, 2.75) is 37.5 Å². The lowest BCUT2D eigenvalue weighted by molar-refractivity contribution is -0.0399. The first kappa shape index (κ1) is 26.9. The van der Waals surface area contributed by atoms with Gasteiger partial charge in [-0.25, -0.2) is 0 Å². The summed E-state index contributed by atoms with van der Waals surface area (Å²) >= 11 is 0. The Bertz CT molecular complexity index is 2340. The number of nitrogens with zero attached hydrogens (tertiary/aromatic N) is 1. The molecule has 0 N–H and O–H groups in total. The van der Waals surface area contributed by atoms with Gasteiger partial charge in [0.05, 0.1) is 0 Å². The predicted molar refractivity (Wildman–Crippen MR) is 197 cm³/mol. The van der Waals surface area contributed by atoms with Crippen molar-refractivity contribution in [1.82, 2.24) is 0 Å². The number of hydrogen-bond donors (Lipinski definition) is 0. The molecule has 2 nitrogen and oxygen atoms in total. The SMILES string of the molecule is c1ccc(N(c2ccc(-c3ccc4c(c3)C3(c5ccccc5-4)C4CC5CC(C4)CC3C5)cc2)c2ccc3c(c2)oc2ccccc23)cc1. The highest BCUT2D eigenvalue weighted by Crippen LogP contribution is 2.69. The van der Waals surface area contributed by atoms with E-state index in [4.69, 9.17) is 4.42 Å². The molecular formula is C46H37NO. The lowest BCUT2D eigenvalue weighted by atomic mass is 9.43. The first-order valence-corrected chi connectivity index (χ1v) is 17.9. The van der Waals surface area contributed by atoms with Crippen molar-refractivity contribution in [3.05, 3.63) is 151 Å². The Hall–Kier alpha value is -5.08. The summed E-state index contributed by atoms with van der Waals surface area (Å²) in [5.74, 6) is 3.45. The Morgan fingerprint density at radius 2 is 1.08 bits per heavy atom. The lowest BCUT2D eigenvalue weighted by Gasteiger charge is -2.61. The summed E-state index contributed by atoms with van der Waals surface area (Å²) in [5, 5.41) is 2.30. The Balaban J connectivity index is 1.00. The summed E-state index contributed by atoms with van der Waals surface area (Å²) in [5.41, 5.74) is 14.2. The molecule has 1 spiro atoms. The van der Waals surface area contributed by atoms with E-state index in [1.807, 2.05) is 12.1 Å². The second-order valence-electron chi connectivity index (χ2n) is 15.0. The minimum Gasteiger partial charge on any atom is -0.456 e. The molecule has 0 atom stereocenters. The van der Waals surface area contributed by atoms with Gasteiger partial charge in [-0.05, 0) is 138 Å². The van der Waals surface area contributed by atoms with Gasteiger partial charge in [-0.3, -0.25) is 0 Å². The molecule has 0 unspecified atom stereocenters. The second kappa shape index (κ2) is 9.97. The summed E-state index contributed by atoms with van der Waals surface area (Å²) in [6.45, 7) is 0. The van der Waals surface area contributed by atoms with Crippen LogP contribution in [0.5, 0.6) is 0 Å². The monoisotopic (exact) mass is 619 g/mol. The molecule has 2 heteroatoms. The van der Waals surface area contributed by atoms with E-state index in [0.29, 0.717) is 0 Å². The van der Waals surface area contributed by atoms with E-state index >= 15 is 0 Å². The smallest absolute Gasteiger partial charge is 0.137 e. The van der Waals surface area contributed by atoms with Crippen LogP contribution in [0.2, 0.25) is 0 Å². The molecule has 0 aliphatic heterocycles. The van der Waals surface area contributed by atoms with E-state index in [2.05, 4.69) is 132 Å². The van der Waals surface area contributed by atoms with Gasteiger partial charge in [-0.2, -0.15) is 0 Å². The number of fused-ring (bicyclic) bond motifs is 6. The average molecular weight is 620 g/mol. The van der Waals surface area contributed by atoms with Gasteiger partial charge in [0.1, 0.15) is 11.2 Å². The number of furan rings is 1. The molecular weight excluding hydrogens is 583 g/mol. The molecule has 0 saturated heterocycles. The van der Waals surface area contributed by atoms with Crippen molar-refractivity contribution in [2.75, 3.05) is 4.90 Å². The molecule has 5 aliphatic carbocycles. The Morgan fingerprint density at radius 3 is 1.90 bits per heavy atom. The van der Waals surface area contributed by atoms with Gasteiger partial charge in [0.25, 0.3) is 0 Å². The number of para-hydroxylation sites is 2.